The van der Waals surface area contributed by atoms with Crippen LogP contribution in [-0.4, -0.2) is 26.1 Å². The van der Waals surface area contributed by atoms with Crippen LogP contribution in [0.5, 0.6) is 5.75 Å². The Morgan fingerprint density at radius 3 is 2.52 bits per heavy atom. The average molecular weight is 467 g/mol. The van der Waals surface area contributed by atoms with Crippen LogP contribution in [0.3, 0.4) is 0 Å². The number of rotatable bonds is 9. The monoisotopic (exact) mass is 466 g/mol. The van der Waals surface area contributed by atoms with E-state index in [9.17, 15) is 13.6 Å². The number of halogens is 2. The van der Waals surface area contributed by atoms with Crippen molar-refractivity contribution in [3.63, 3.8) is 0 Å². The molecule has 0 radical (unpaired) electrons. The summed E-state index contributed by atoms with van der Waals surface area (Å²) >= 11 is 1.27. The average Bonchev–Trinajstić information content (AvgIpc) is 2.83. The molecule has 9 heteroatoms. The van der Waals surface area contributed by atoms with Crippen LogP contribution >= 0.6 is 11.8 Å². The number of ether oxygens (including phenoxy) is 1. The van der Waals surface area contributed by atoms with Gasteiger partial charge in [0.15, 0.2) is 16.8 Å². The van der Waals surface area contributed by atoms with Crippen LogP contribution in [0.4, 0.5) is 8.78 Å². The third-order valence-corrected chi connectivity index (χ3v) is 5.80. The summed E-state index contributed by atoms with van der Waals surface area (Å²) in [5.41, 5.74) is 1.53. The maximum atomic E-state index is 13.6. The Morgan fingerprint density at radius 1 is 0.970 bits per heavy atom. The Morgan fingerprint density at radius 2 is 1.76 bits per heavy atom. The van der Waals surface area contributed by atoms with Crippen molar-refractivity contribution in [2.24, 2.45) is 0 Å². The number of nitrogens with zero attached hydrogens (tertiary/aromatic N) is 4. The lowest BCUT2D eigenvalue weighted by molar-refractivity contribution is 0.291. The Labute approximate surface area is 193 Å². The normalized spacial score (nSPS) is 10.8. The Kier molecular flexibility index (Phi) is 7.41. The number of hydrogen-bond donors (Lipinski definition) is 0. The predicted octanol–water partition coefficient (Wildman–Crippen LogP) is 4.27. The van der Waals surface area contributed by atoms with Gasteiger partial charge in [0.2, 0.25) is 0 Å². The molecule has 33 heavy (non-hydrogen) atoms. The molecule has 0 saturated heterocycles. The van der Waals surface area contributed by atoms with Crippen molar-refractivity contribution in [1.29, 1.82) is 0 Å². The first-order valence-corrected chi connectivity index (χ1v) is 11.2. The molecule has 0 unspecified atom stereocenters. The fourth-order valence-corrected chi connectivity index (χ4v) is 4.05. The SMILES string of the molecule is O=c1nc(SCc2ccc(F)c(F)c2)n(CCOc2ccccc2)cc1Cc1cncnc1. The topological polar surface area (TPSA) is 69.9 Å². The van der Waals surface area contributed by atoms with Crippen molar-refractivity contribution < 1.29 is 13.5 Å². The molecule has 0 saturated carbocycles. The summed E-state index contributed by atoms with van der Waals surface area (Å²) in [6.45, 7) is 0.807. The molecule has 0 N–H and O–H groups in total. The molecule has 6 nitrogen and oxygen atoms in total. The summed E-state index contributed by atoms with van der Waals surface area (Å²) in [6.07, 6.45) is 6.84. The summed E-state index contributed by atoms with van der Waals surface area (Å²) in [5, 5.41) is 0.467. The molecule has 0 amide bonds. The van der Waals surface area contributed by atoms with Crippen molar-refractivity contribution in [2.75, 3.05) is 6.61 Å². The maximum absolute atomic E-state index is 13.6. The second kappa shape index (κ2) is 10.8. The van der Waals surface area contributed by atoms with Crippen LogP contribution in [0, 0.1) is 11.6 Å². The van der Waals surface area contributed by atoms with Crippen molar-refractivity contribution >= 4 is 11.8 Å². The quantitative estimate of drug-likeness (QED) is 0.271. The van der Waals surface area contributed by atoms with Gasteiger partial charge in [0.1, 0.15) is 18.7 Å². The summed E-state index contributed by atoms with van der Waals surface area (Å²) in [7, 11) is 0. The lowest BCUT2D eigenvalue weighted by Gasteiger charge is -2.14. The number of thioether (sulfide) groups is 1. The second-order valence-electron chi connectivity index (χ2n) is 7.17. The van der Waals surface area contributed by atoms with Gasteiger partial charge < -0.3 is 9.30 Å². The van der Waals surface area contributed by atoms with Gasteiger partial charge in [-0.15, -0.1) is 0 Å². The molecule has 0 spiro atoms. The highest BCUT2D eigenvalue weighted by Crippen LogP contribution is 2.22. The van der Waals surface area contributed by atoms with Gasteiger partial charge >= 0.3 is 0 Å². The zero-order valence-corrected chi connectivity index (χ0v) is 18.3. The number of benzene rings is 2. The smallest absolute Gasteiger partial charge is 0.277 e. The molecule has 4 rings (SSSR count). The molecule has 0 aliphatic heterocycles. The van der Waals surface area contributed by atoms with Crippen LogP contribution < -0.4 is 10.3 Å². The Bertz CT molecular complexity index is 1270. The van der Waals surface area contributed by atoms with Gasteiger partial charge in [0.25, 0.3) is 5.56 Å². The van der Waals surface area contributed by atoms with E-state index in [0.717, 1.165) is 23.4 Å². The van der Waals surface area contributed by atoms with E-state index < -0.39 is 11.6 Å². The molecule has 2 aromatic heterocycles. The van der Waals surface area contributed by atoms with Crippen LogP contribution in [0.2, 0.25) is 0 Å². The van der Waals surface area contributed by atoms with Gasteiger partial charge in [0.05, 0.1) is 6.54 Å². The predicted molar refractivity (Wildman–Crippen MR) is 121 cm³/mol. The highest BCUT2D eigenvalue weighted by molar-refractivity contribution is 7.98. The van der Waals surface area contributed by atoms with Crippen LogP contribution in [0.25, 0.3) is 0 Å². The Hall–Kier alpha value is -3.59. The van der Waals surface area contributed by atoms with E-state index >= 15 is 0 Å². The molecular formula is C24H20F2N4O2S. The molecule has 2 heterocycles. The lowest BCUT2D eigenvalue weighted by Crippen LogP contribution is -2.21. The highest BCUT2D eigenvalue weighted by atomic mass is 32.2. The van der Waals surface area contributed by atoms with E-state index in [1.54, 1.807) is 18.6 Å². The number of para-hydroxylation sites is 1. The summed E-state index contributed by atoms with van der Waals surface area (Å²) in [6, 6.07) is 13.2. The van der Waals surface area contributed by atoms with E-state index in [1.807, 2.05) is 34.9 Å². The van der Waals surface area contributed by atoms with Gasteiger partial charge in [0, 0.05) is 36.3 Å². The molecule has 0 aliphatic carbocycles. The molecule has 2 aromatic carbocycles. The first kappa shape index (κ1) is 22.6. The highest BCUT2D eigenvalue weighted by Gasteiger charge is 2.12. The van der Waals surface area contributed by atoms with Gasteiger partial charge in [-0.3, -0.25) is 4.79 Å². The summed E-state index contributed by atoms with van der Waals surface area (Å²) < 4.78 is 34.4. The van der Waals surface area contributed by atoms with Gasteiger partial charge in [-0.1, -0.05) is 36.0 Å². The first-order valence-electron chi connectivity index (χ1n) is 10.2. The van der Waals surface area contributed by atoms with Gasteiger partial charge in [-0.25, -0.2) is 18.7 Å². The van der Waals surface area contributed by atoms with E-state index in [-0.39, 0.29) is 5.56 Å². The second-order valence-corrected chi connectivity index (χ2v) is 8.11. The van der Waals surface area contributed by atoms with Crippen LogP contribution in [0.1, 0.15) is 16.7 Å². The van der Waals surface area contributed by atoms with Gasteiger partial charge in [-0.05, 0) is 35.4 Å². The molecule has 0 bridgehead atoms. The third-order valence-electron chi connectivity index (χ3n) is 4.73. The van der Waals surface area contributed by atoms with E-state index in [4.69, 9.17) is 4.74 Å². The molecule has 168 valence electrons. The Balaban J connectivity index is 1.55. The summed E-state index contributed by atoms with van der Waals surface area (Å²) in [5.74, 6) is -0.736. The van der Waals surface area contributed by atoms with E-state index in [0.29, 0.717) is 41.6 Å². The molecule has 0 atom stereocenters. The minimum atomic E-state index is -0.907. The molecule has 4 aromatic rings. The van der Waals surface area contributed by atoms with Crippen molar-refractivity contribution in [1.82, 2.24) is 19.5 Å². The minimum absolute atomic E-state index is 0.328. The zero-order chi connectivity index (χ0) is 23.0. The molecular weight excluding hydrogens is 446 g/mol. The zero-order valence-electron chi connectivity index (χ0n) is 17.5. The fraction of sp³-hybridized carbons (Fsp3) is 0.167. The molecule has 0 fully saturated rings. The fourth-order valence-electron chi connectivity index (χ4n) is 3.12. The van der Waals surface area contributed by atoms with Crippen LogP contribution in [0.15, 0.2) is 83.4 Å². The standard InChI is InChI=1S/C24H20F2N4O2S/c25-21-7-6-17(11-22(21)26)15-33-24-29-23(31)19(10-18-12-27-16-28-13-18)14-30(24)8-9-32-20-4-2-1-3-5-20/h1-7,11-14,16H,8-10,15H2. The van der Waals surface area contributed by atoms with Crippen LogP contribution in [-0.2, 0) is 18.7 Å². The van der Waals surface area contributed by atoms with Crippen molar-refractivity contribution in [3.05, 3.63) is 112 Å². The largest absolute Gasteiger partial charge is 0.492 e. The number of hydrogen-bond acceptors (Lipinski definition) is 6. The van der Waals surface area contributed by atoms with Gasteiger partial charge in [-0.2, -0.15) is 4.98 Å². The van der Waals surface area contributed by atoms with E-state index in [2.05, 4.69) is 15.0 Å². The van der Waals surface area contributed by atoms with Crippen molar-refractivity contribution in [3.8, 4) is 5.75 Å². The number of aromatic nitrogens is 4. The lowest BCUT2D eigenvalue weighted by atomic mass is 10.1. The van der Waals surface area contributed by atoms with Crippen molar-refractivity contribution in [2.45, 2.75) is 23.9 Å². The maximum Gasteiger partial charge on any atom is 0.277 e. The first-order chi connectivity index (χ1) is 16.1. The van der Waals surface area contributed by atoms with E-state index in [1.165, 1.54) is 24.2 Å². The third kappa shape index (κ3) is 6.23. The minimum Gasteiger partial charge on any atom is -0.492 e. The summed E-state index contributed by atoms with van der Waals surface area (Å²) in [4.78, 5) is 24.9. The molecule has 0 aliphatic rings.